The van der Waals surface area contributed by atoms with Crippen LogP contribution in [0.4, 0.5) is 5.69 Å². The summed E-state index contributed by atoms with van der Waals surface area (Å²) in [7, 11) is 0. The first-order valence-electron chi connectivity index (χ1n) is 13.1. The van der Waals surface area contributed by atoms with Crippen molar-refractivity contribution in [2.75, 3.05) is 31.2 Å². The molecular formula is C28H37ClN2O6. The van der Waals surface area contributed by atoms with Gasteiger partial charge in [0.15, 0.2) is 0 Å². The van der Waals surface area contributed by atoms with Crippen molar-refractivity contribution in [1.82, 2.24) is 4.90 Å². The summed E-state index contributed by atoms with van der Waals surface area (Å²) in [5.41, 5.74) is -1.41. The van der Waals surface area contributed by atoms with E-state index >= 15 is 0 Å². The number of aliphatic hydroxyl groups is 1. The zero-order valence-electron chi connectivity index (χ0n) is 21.8. The number of rotatable bonds is 11. The number of likely N-dealkylation sites (tertiary alicyclic amines) is 1. The fraction of sp³-hybridized carbons (Fsp3) is 0.607. The van der Waals surface area contributed by atoms with Gasteiger partial charge in [0.05, 0.1) is 18.1 Å². The predicted molar refractivity (Wildman–Crippen MR) is 140 cm³/mol. The zero-order valence-corrected chi connectivity index (χ0v) is 22.6. The van der Waals surface area contributed by atoms with E-state index in [1.54, 1.807) is 47.1 Å². The Morgan fingerprint density at radius 3 is 2.62 bits per heavy atom. The van der Waals surface area contributed by atoms with Crippen molar-refractivity contribution in [3.05, 3.63) is 41.9 Å². The second-order valence-corrected chi connectivity index (χ2v) is 10.9. The molecule has 3 fully saturated rings. The van der Waals surface area contributed by atoms with E-state index in [-0.39, 0.29) is 37.5 Å². The van der Waals surface area contributed by atoms with E-state index < -0.39 is 35.0 Å². The largest absolute Gasteiger partial charge is 0.466 e. The van der Waals surface area contributed by atoms with Gasteiger partial charge in [0.25, 0.3) is 5.91 Å². The van der Waals surface area contributed by atoms with Crippen LogP contribution in [0.25, 0.3) is 0 Å². The predicted octanol–water partition coefficient (Wildman–Crippen LogP) is 3.60. The first kappa shape index (κ1) is 27.6. The van der Waals surface area contributed by atoms with Crippen LogP contribution in [0.1, 0.15) is 46.5 Å². The lowest BCUT2D eigenvalue weighted by Crippen LogP contribution is -2.57. The van der Waals surface area contributed by atoms with Gasteiger partial charge in [0.2, 0.25) is 5.91 Å². The van der Waals surface area contributed by atoms with Crippen LogP contribution in [0.2, 0.25) is 5.02 Å². The molecule has 0 aliphatic carbocycles. The topological polar surface area (TPSA) is 96.4 Å². The Hall–Kier alpha value is -2.42. The maximum absolute atomic E-state index is 14.4. The average Bonchev–Trinajstić information content (AvgIpc) is 3.37. The lowest BCUT2D eigenvalue weighted by molar-refractivity contribution is -0.161. The lowest BCUT2D eigenvalue weighted by Gasteiger charge is -2.37. The van der Waals surface area contributed by atoms with Crippen LogP contribution in [0.15, 0.2) is 36.9 Å². The summed E-state index contributed by atoms with van der Waals surface area (Å²) < 4.78 is 12.1. The molecule has 2 bridgehead atoms. The molecule has 3 heterocycles. The number of hydrogen-bond donors (Lipinski definition) is 1. The maximum atomic E-state index is 14.4. The number of halogens is 1. The molecule has 2 amide bonds. The highest BCUT2D eigenvalue weighted by molar-refractivity contribution is 6.30. The van der Waals surface area contributed by atoms with E-state index in [0.717, 1.165) is 0 Å². The number of hydrogen-bond acceptors (Lipinski definition) is 6. The van der Waals surface area contributed by atoms with Crippen molar-refractivity contribution >= 4 is 35.1 Å². The fourth-order valence-corrected chi connectivity index (χ4v) is 6.77. The second-order valence-electron chi connectivity index (χ2n) is 10.5. The number of ether oxygens (including phenoxy) is 2. The summed E-state index contributed by atoms with van der Waals surface area (Å²) in [5, 5.41) is 9.76. The molecule has 3 saturated heterocycles. The minimum absolute atomic E-state index is 0.0565. The Bertz CT molecular complexity index is 1050. The molecule has 1 N–H and O–H groups in total. The Morgan fingerprint density at radius 1 is 1.30 bits per heavy atom. The highest BCUT2D eigenvalue weighted by Gasteiger charge is 2.80. The molecule has 3 aliphatic rings. The molecule has 0 radical (unpaired) electrons. The summed E-state index contributed by atoms with van der Waals surface area (Å²) in [5.74, 6) is -2.61. The van der Waals surface area contributed by atoms with Gasteiger partial charge in [-0.25, -0.2) is 0 Å². The minimum atomic E-state index is -1.14. The Labute approximate surface area is 223 Å². The minimum Gasteiger partial charge on any atom is -0.466 e. The number of amides is 2. The summed E-state index contributed by atoms with van der Waals surface area (Å²) >= 11 is 6.09. The standard InChI is InChI=1S/C28H37ClN2O6/c1-5-14-30(20-12-10-19(29)11-13-20)25(34)23-28-17-18(3)27(4,37-28)22(26(35)36-6-2)21(28)24(33)31(23)15-8-7-9-16-32/h5,10-13,18,21-23,32H,1,6-9,14-17H2,2-4H3/t18?,21-,22+,23?,27-,28?/m0/s1. The molecule has 0 aromatic heterocycles. The van der Waals surface area contributed by atoms with Crippen molar-refractivity contribution < 1.29 is 29.0 Å². The molecule has 9 heteroatoms. The molecule has 4 rings (SSSR count). The highest BCUT2D eigenvalue weighted by Crippen LogP contribution is 2.65. The normalized spacial score (nSPS) is 31.9. The van der Waals surface area contributed by atoms with Crippen LogP contribution < -0.4 is 4.90 Å². The van der Waals surface area contributed by atoms with Crippen molar-refractivity contribution in [1.29, 1.82) is 0 Å². The molecule has 6 atom stereocenters. The fourth-order valence-electron chi connectivity index (χ4n) is 6.64. The molecule has 1 aromatic carbocycles. The van der Waals surface area contributed by atoms with Crippen LogP contribution in [0.5, 0.6) is 0 Å². The first-order valence-corrected chi connectivity index (χ1v) is 13.5. The van der Waals surface area contributed by atoms with Crippen LogP contribution >= 0.6 is 11.6 Å². The monoisotopic (exact) mass is 532 g/mol. The molecule has 8 nitrogen and oxygen atoms in total. The number of benzene rings is 1. The quantitative estimate of drug-likeness (QED) is 0.266. The van der Waals surface area contributed by atoms with Crippen LogP contribution in [-0.4, -0.2) is 71.3 Å². The van der Waals surface area contributed by atoms with E-state index in [9.17, 15) is 19.5 Å². The van der Waals surface area contributed by atoms with Gasteiger partial charge in [-0.3, -0.25) is 14.4 Å². The molecule has 1 spiro atoms. The van der Waals surface area contributed by atoms with Gasteiger partial charge in [-0.2, -0.15) is 0 Å². The number of carbonyl (C=O) groups excluding carboxylic acids is 3. The van der Waals surface area contributed by atoms with Gasteiger partial charge in [0.1, 0.15) is 17.6 Å². The number of carbonyl (C=O) groups is 3. The lowest BCUT2D eigenvalue weighted by atomic mass is 9.62. The van der Waals surface area contributed by atoms with E-state index in [1.807, 2.05) is 13.8 Å². The van der Waals surface area contributed by atoms with Gasteiger partial charge < -0.3 is 24.4 Å². The molecule has 3 unspecified atom stereocenters. The number of nitrogens with zero attached hydrogens (tertiary/aromatic N) is 2. The molecule has 1 aromatic rings. The second kappa shape index (κ2) is 10.8. The average molecular weight is 533 g/mol. The summed E-state index contributed by atoms with van der Waals surface area (Å²) in [6.07, 6.45) is 4.07. The third-order valence-corrected chi connectivity index (χ3v) is 8.61. The molecule has 202 valence electrons. The first-order chi connectivity index (χ1) is 17.7. The maximum Gasteiger partial charge on any atom is 0.312 e. The Morgan fingerprint density at radius 2 is 2.00 bits per heavy atom. The number of aliphatic hydroxyl groups excluding tert-OH is 1. The molecule has 37 heavy (non-hydrogen) atoms. The zero-order chi connectivity index (χ0) is 27.0. The SMILES string of the molecule is C=CCN(C(=O)C1N(CCCCCO)C(=O)[C@@H]2[C@H](C(=O)OCC)[C@@]3(C)OC12CC3C)c1ccc(Cl)cc1. The van der Waals surface area contributed by atoms with Gasteiger partial charge >= 0.3 is 5.97 Å². The third-order valence-electron chi connectivity index (χ3n) is 8.36. The van der Waals surface area contributed by atoms with Crippen molar-refractivity contribution in [2.45, 2.75) is 63.7 Å². The van der Waals surface area contributed by atoms with Crippen molar-refractivity contribution in [2.24, 2.45) is 17.8 Å². The smallest absolute Gasteiger partial charge is 0.312 e. The van der Waals surface area contributed by atoms with E-state index in [4.69, 9.17) is 21.1 Å². The summed E-state index contributed by atoms with van der Waals surface area (Å²) in [6, 6.07) is 6.05. The summed E-state index contributed by atoms with van der Waals surface area (Å²) in [6.45, 7) is 10.3. The third kappa shape index (κ3) is 4.47. The van der Waals surface area contributed by atoms with E-state index in [2.05, 4.69) is 6.58 Å². The molecule has 3 aliphatic heterocycles. The van der Waals surface area contributed by atoms with E-state index in [1.165, 1.54) is 0 Å². The number of fused-ring (bicyclic) bond motifs is 1. The highest BCUT2D eigenvalue weighted by atomic mass is 35.5. The van der Waals surface area contributed by atoms with E-state index in [0.29, 0.717) is 42.9 Å². The molecule has 0 saturated carbocycles. The van der Waals surface area contributed by atoms with Crippen molar-refractivity contribution in [3.63, 3.8) is 0 Å². The number of esters is 1. The van der Waals surface area contributed by atoms with Crippen LogP contribution in [0, 0.1) is 17.8 Å². The van der Waals surface area contributed by atoms with Gasteiger partial charge in [-0.15, -0.1) is 6.58 Å². The van der Waals surface area contributed by atoms with Gasteiger partial charge in [-0.1, -0.05) is 24.6 Å². The van der Waals surface area contributed by atoms with Gasteiger partial charge in [-0.05, 0) is 69.7 Å². The number of anilines is 1. The number of unbranched alkanes of at least 4 members (excludes halogenated alkanes) is 2. The van der Waals surface area contributed by atoms with Crippen LogP contribution in [-0.2, 0) is 23.9 Å². The van der Waals surface area contributed by atoms with Gasteiger partial charge in [0, 0.05) is 30.4 Å². The van der Waals surface area contributed by atoms with Crippen molar-refractivity contribution in [3.8, 4) is 0 Å². The van der Waals surface area contributed by atoms with Crippen LogP contribution in [0.3, 0.4) is 0 Å². The Balaban J connectivity index is 1.78. The summed E-state index contributed by atoms with van der Waals surface area (Å²) in [4.78, 5) is 44.9. The Kier molecular flexibility index (Phi) is 8.02. The molecular weight excluding hydrogens is 496 g/mol.